The lowest BCUT2D eigenvalue weighted by Gasteiger charge is -2.22. The SMILES string of the molecule is O=C(O)c1cc(C2CCCCC2)nc2c(Cl)ccc(Cl)c12. The van der Waals surface area contributed by atoms with Crippen LogP contribution in [-0.4, -0.2) is 16.1 Å². The number of aromatic nitrogens is 1. The number of fused-ring (bicyclic) bond motifs is 1. The Morgan fingerprint density at radius 1 is 1.14 bits per heavy atom. The predicted octanol–water partition coefficient (Wildman–Crippen LogP) is 5.29. The highest BCUT2D eigenvalue weighted by Crippen LogP contribution is 2.37. The summed E-state index contributed by atoms with van der Waals surface area (Å²) in [4.78, 5) is 16.2. The molecular weight excluding hydrogens is 309 g/mol. The van der Waals surface area contributed by atoms with E-state index in [1.165, 1.54) is 6.42 Å². The van der Waals surface area contributed by atoms with Crippen LogP contribution in [0.4, 0.5) is 0 Å². The number of carboxylic acids is 1. The molecule has 5 heteroatoms. The predicted molar refractivity (Wildman–Crippen MR) is 84.5 cm³/mol. The van der Waals surface area contributed by atoms with Gasteiger partial charge in [0.15, 0.2) is 0 Å². The van der Waals surface area contributed by atoms with Crippen molar-refractivity contribution in [1.82, 2.24) is 4.98 Å². The number of carbonyl (C=O) groups is 1. The molecule has 0 amide bonds. The minimum Gasteiger partial charge on any atom is -0.478 e. The van der Waals surface area contributed by atoms with Crippen molar-refractivity contribution in [3.8, 4) is 0 Å². The summed E-state index contributed by atoms with van der Waals surface area (Å²) in [6, 6.07) is 4.94. The fraction of sp³-hybridized carbons (Fsp3) is 0.375. The number of carboxylic acid groups (broad SMARTS) is 1. The number of rotatable bonds is 2. The first-order valence-electron chi connectivity index (χ1n) is 7.10. The number of hydrogen-bond donors (Lipinski definition) is 1. The molecule has 1 aliphatic rings. The molecule has 1 heterocycles. The second-order valence-corrected chi connectivity index (χ2v) is 6.30. The van der Waals surface area contributed by atoms with Crippen LogP contribution in [0.3, 0.4) is 0 Å². The molecule has 1 saturated carbocycles. The van der Waals surface area contributed by atoms with Gasteiger partial charge in [0.2, 0.25) is 0 Å². The largest absolute Gasteiger partial charge is 0.478 e. The van der Waals surface area contributed by atoms with Crippen molar-refractivity contribution < 1.29 is 9.90 Å². The van der Waals surface area contributed by atoms with E-state index in [0.29, 0.717) is 26.9 Å². The quantitative estimate of drug-likeness (QED) is 0.817. The van der Waals surface area contributed by atoms with Crippen LogP contribution in [-0.2, 0) is 0 Å². The van der Waals surface area contributed by atoms with Crippen molar-refractivity contribution in [2.45, 2.75) is 38.0 Å². The summed E-state index contributed by atoms with van der Waals surface area (Å²) in [5, 5.41) is 10.7. The standard InChI is InChI=1S/C16H15Cl2NO2/c17-11-6-7-12(18)15-14(11)10(16(20)21)8-13(19-15)9-4-2-1-3-5-9/h6-9H,1-5H2,(H,20,21). The Hall–Kier alpha value is -1.32. The van der Waals surface area contributed by atoms with Gasteiger partial charge in [-0.05, 0) is 31.0 Å². The summed E-state index contributed by atoms with van der Waals surface area (Å²) in [7, 11) is 0. The second-order valence-electron chi connectivity index (χ2n) is 5.49. The van der Waals surface area contributed by atoms with Gasteiger partial charge in [0, 0.05) is 17.0 Å². The average molecular weight is 324 g/mol. The van der Waals surface area contributed by atoms with Gasteiger partial charge < -0.3 is 5.11 Å². The van der Waals surface area contributed by atoms with Crippen molar-refractivity contribution in [3.63, 3.8) is 0 Å². The fourth-order valence-corrected chi connectivity index (χ4v) is 3.52. The zero-order valence-corrected chi connectivity index (χ0v) is 12.9. The van der Waals surface area contributed by atoms with Gasteiger partial charge in [-0.1, -0.05) is 42.5 Å². The molecule has 1 aliphatic carbocycles. The van der Waals surface area contributed by atoms with Crippen LogP contribution in [0, 0.1) is 0 Å². The van der Waals surface area contributed by atoms with E-state index < -0.39 is 5.97 Å². The molecule has 110 valence electrons. The lowest BCUT2D eigenvalue weighted by atomic mass is 9.86. The van der Waals surface area contributed by atoms with Gasteiger partial charge in [-0.2, -0.15) is 0 Å². The molecule has 0 bridgehead atoms. The molecule has 0 aliphatic heterocycles. The Balaban J connectivity index is 2.24. The lowest BCUT2D eigenvalue weighted by Crippen LogP contribution is -2.09. The topological polar surface area (TPSA) is 50.2 Å². The Morgan fingerprint density at radius 3 is 2.48 bits per heavy atom. The van der Waals surface area contributed by atoms with E-state index in [0.717, 1.165) is 31.4 Å². The third-order valence-electron chi connectivity index (χ3n) is 4.13. The Labute approximate surface area is 132 Å². The number of nitrogens with zero attached hydrogens (tertiary/aromatic N) is 1. The van der Waals surface area contributed by atoms with Crippen molar-refractivity contribution in [2.24, 2.45) is 0 Å². The summed E-state index contributed by atoms with van der Waals surface area (Å²) < 4.78 is 0. The maximum absolute atomic E-state index is 11.6. The average Bonchev–Trinajstić information content (AvgIpc) is 2.51. The minimum absolute atomic E-state index is 0.188. The maximum Gasteiger partial charge on any atom is 0.336 e. The molecule has 1 aromatic heterocycles. The molecule has 3 nitrogen and oxygen atoms in total. The number of halogens is 2. The van der Waals surface area contributed by atoms with Crippen LogP contribution in [0.5, 0.6) is 0 Å². The fourth-order valence-electron chi connectivity index (χ4n) is 3.06. The highest BCUT2D eigenvalue weighted by molar-refractivity contribution is 6.40. The zero-order valence-electron chi connectivity index (χ0n) is 11.4. The molecule has 0 radical (unpaired) electrons. The van der Waals surface area contributed by atoms with Crippen LogP contribution < -0.4 is 0 Å². The highest BCUT2D eigenvalue weighted by atomic mass is 35.5. The number of aromatic carboxylic acids is 1. The Bertz CT molecular complexity index is 709. The normalized spacial score (nSPS) is 16.3. The van der Waals surface area contributed by atoms with E-state index >= 15 is 0 Å². The van der Waals surface area contributed by atoms with E-state index in [1.54, 1.807) is 18.2 Å². The van der Waals surface area contributed by atoms with Crippen molar-refractivity contribution in [1.29, 1.82) is 0 Å². The number of hydrogen-bond acceptors (Lipinski definition) is 2. The van der Waals surface area contributed by atoms with E-state index in [4.69, 9.17) is 23.2 Å². The molecule has 0 atom stereocenters. The second kappa shape index (κ2) is 5.82. The van der Waals surface area contributed by atoms with Gasteiger partial charge in [-0.25, -0.2) is 4.79 Å². The molecule has 3 rings (SSSR count). The number of benzene rings is 1. The lowest BCUT2D eigenvalue weighted by molar-refractivity contribution is 0.0698. The third kappa shape index (κ3) is 2.72. The molecule has 1 N–H and O–H groups in total. The van der Waals surface area contributed by atoms with Gasteiger partial charge in [0.25, 0.3) is 0 Å². The molecule has 0 spiro atoms. The van der Waals surface area contributed by atoms with Gasteiger partial charge in [0.1, 0.15) is 0 Å². The summed E-state index contributed by atoms with van der Waals surface area (Å²) in [6.45, 7) is 0. The van der Waals surface area contributed by atoms with Gasteiger partial charge in [-0.3, -0.25) is 4.98 Å². The molecule has 21 heavy (non-hydrogen) atoms. The third-order valence-corrected chi connectivity index (χ3v) is 4.75. The van der Waals surface area contributed by atoms with Gasteiger partial charge in [0.05, 0.1) is 21.1 Å². The van der Waals surface area contributed by atoms with E-state index in [1.807, 2.05) is 0 Å². The first kappa shape index (κ1) is 14.6. The molecule has 0 unspecified atom stereocenters. The van der Waals surface area contributed by atoms with Gasteiger partial charge in [-0.15, -0.1) is 0 Å². The van der Waals surface area contributed by atoms with Crippen molar-refractivity contribution in [3.05, 3.63) is 39.5 Å². The van der Waals surface area contributed by atoms with E-state index in [2.05, 4.69) is 4.98 Å². The molecule has 2 aromatic rings. The first-order chi connectivity index (χ1) is 10.1. The monoisotopic (exact) mass is 323 g/mol. The summed E-state index contributed by atoms with van der Waals surface area (Å²) in [6.07, 6.45) is 5.67. The summed E-state index contributed by atoms with van der Waals surface area (Å²) in [5.41, 5.74) is 1.50. The summed E-state index contributed by atoms with van der Waals surface area (Å²) >= 11 is 12.4. The molecule has 1 fully saturated rings. The van der Waals surface area contributed by atoms with E-state index in [-0.39, 0.29) is 5.56 Å². The minimum atomic E-state index is -0.997. The molecular formula is C16H15Cl2NO2. The smallest absolute Gasteiger partial charge is 0.336 e. The van der Waals surface area contributed by atoms with Crippen LogP contribution in [0.15, 0.2) is 18.2 Å². The van der Waals surface area contributed by atoms with Crippen LogP contribution in [0.25, 0.3) is 10.9 Å². The summed E-state index contributed by atoms with van der Waals surface area (Å²) in [5.74, 6) is -0.681. The van der Waals surface area contributed by atoms with Gasteiger partial charge >= 0.3 is 5.97 Å². The van der Waals surface area contributed by atoms with Crippen molar-refractivity contribution in [2.75, 3.05) is 0 Å². The highest BCUT2D eigenvalue weighted by Gasteiger charge is 2.22. The number of pyridine rings is 1. The van der Waals surface area contributed by atoms with E-state index in [9.17, 15) is 9.90 Å². The van der Waals surface area contributed by atoms with Crippen LogP contribution >= 0.6 is 23.2 Å². The zero-order chi connectivity index (χ0) is 15.0. The maximum atomic E-state index is 11.6. The van der Waals surface area contributed by atoms with Crippen LogP contribution in [0.2, 0.25) is 10.0 Å². The molecule has 1 aromatic carbocycles. The van der Waals surface area contributed by atoms with Crippen molar-refractivity contribution >= 4 is 40.1 Å². The Kier molecular flexibility index (Phi) is 4.05. The van der Waals surface area contributed by atoms with Crippen LogP contribution in [0.1, 0.15) is 54.1 Å². The Morgan fingerprint density at radius 2 is 1.81 bits per heavy atom. The first-order valence-corrected chi connectivity index (χ1v) is 7.85. The molecule has 0 saturated heterocycles.